The molecule has 0 bridgehead atoms. The first kappa shape index (κ1) is 23.1. The van der Waals surface area contributed by atoms with Crippen molar-refractivity contribution in [1.29, 1.82) is 0 Å². The zero-order valence-electron chi connectivity index (χ0n) is 21.4. The molecule has 1 fully saturated rings. The Kier molecular flexibility index (Phi) is 5.00. The third-order valence-electron chi connectivity index (χ3n) is 7.70. The van der Waals surface area contributed by atoms with Crippen molar-refractivity contribution in [1.82, 2.24) is 34.0 Å². The molecule has 0 unspecified atom stereocenters. The van der Waals surface area contributed by atoms with Gasteiger partial charge in [-0.2, -0.15) is 5.10 Å². The number of hydrogen-bond donors (Lipinski definition) is 1. The molecule has 2 aromatic carbocycles. The van der Waals surface area contributed by atoms with Crippen molar-refractivity contribution in [2.24, 2.45) is 0 Å². The van der Waals surface area contributed by atoms with Crippen LogP contribution in [0.25, 0.3) is 28.0 Å². The predicted octanol–water partition coefficient (Wildman–Crippen LogP) is 4.60. The smallest absolute Gasteiger partial charge is 0.308 e. The van der Waals surface area contributed by atoms with Gasteiger partial charge in [0.1, 0.15) is 5.82 Å². The fraction of sp³-hybridized carbons (Fsp3) is 0.321. The van der Waals surface area contributed by atoms with Crippen molar-refractivity contribution in [3.8, 4) is 17.1 Å². The highest BCUT2D eigenvalue weighted by Gasteiger charge is 2.29. The van der Waals surface area contributed by atoms with Gasteiger partial charge in [-0.3, -0.25) is 9.25 Å². The molecule has 38 heavy (non-hydrogen) atoms. The van der Waals surface area contributed by atoms with E-state index in [-0.39, 0.29) is 17.5 Å². The lowest BCUT2D eigenvalue weighted by Gasteiger charge is -2.22. The Morgan fingerprint density at radius 2 is 1.82 bits per heavy atom. The number of rotatable bonds is 4. The van der Waals surface area contributed by atoms with E-state index in [1.54, 1.807) is 49.1 Å². The molecule has 1 N–H and O–H groups in total. The predicted molar refractivity (Wildman–Crippen MR) is 140 cm³/mol. The van der Waals surface area contributed by atoms with Crippen LogP contribution in [-0.4, -0.2) is 35.2 Å². The van der Waals surface area contributed by atoms with E-state index in [0.717, 1.165) is 36.3 Å². The van der Waals surface area contributed by atoms with Crippen LogP contribution in [0.15, 0.2) is 47.7 Å². The lowest BCUT2D eigenvalue weighted by atomic mass is 10.1. The van der Waals surface area contributed by atoms with Gasteiger partial charge in [-0.05, 0) is 69.0 Å². The van der Waals surface area contributed by atoms with E-state index in [0.29, 0.717) is 40.4 Å². The summed E-state index contributed by atoms with van der Waals surface area (Å²) >= 11 is 0. The average Bonchev–Trinajstić information content (AvgIpc) is 3.35. The number of hydrogen-bond acceptors (Lipinski definition) is 4. The molecule has 7 rings (SSSR count). The summed E-state index contributed by atoms with van der Waals surface area (Å²) in [6.45, 7) is 6.22. The van der Waals surface area contributed by atoms with Gasteiger partial charge in [-0.15, -0.1) is 0 Å². The second-order valence-corrected chi connectivity index (χ2v) is 10.4. The number of imidazole rings is 2. The summed E-state index contributed by atoms with van der Waals surface area (Å²) in [4.78, 5) is 18.8. The summed E-state index contributed by atoms with van der Waals surface area (Å²) in [6, 6.07) is 7.20. The maximum Gasteiger partial charge on any atom is 0.352 e. The Hall–Kier alpha value is -4.05. The molecular formula is C28H27F2N7O. The maximum absolute atomic E-state index is 15.7. The van der Waals surface area contributed by atoms with Gasteiger partial charge in [0.25, 0.3) is 0 Å². The molecule has 8 nitrogen and oxygen atoms in total. The molecule has 4 heterocycles. The van der Waals surface area contributed by atoms with Crippen LogP contribution in [0, 0.1) is 25.5 Å². The van der Waals surface area contributed by atoms with Crippen molar-refractivity contribution < 1.29 is 8.78 Å². The van der Waals surface area contributed by atoms with Gasteiger partial charge < -0.3 is 5.32 Å². The Bertz CT molecular complexity index is 1780. The van der Waals surface area contributed by atoms with E-state index in [4.69, 9.17) is 4.98 Å². The number of halogens is 2. The van der Waals surface area contributed by atoms with Crippen molar-refractivity contribution in [2.75, 3.05) is 6.54 Å². The van der Waals surface area contributed by atoms with Crippen LogP contribution >= 0.6 is 0 Å². The quantitative estimate of drug-likeness (QED) is 0.380. The normalized spacial score (nSPS) is 17.3. The molecule has 0 radical (unpaired) electrons. The van der Waals surface area contributed by atoms with E-state index in [1.807, 2.05) is 17.7 Å². The number of nitrogens with zero attached hydrogens (tertiary/aromatic N) is 6. The van der Waals surface area contributed by atoms with Gasteiger partial charge in [-0.25, -0.2) is 27.9 Å². The second kappa shape index (κ2) is 8.22. The molecule has 5 aromatic rings. The minimum Gasteiger partial charge on any atom is -0.308 e. The van der Waals surface area contributed by atoms with E-state index in [1.165, 1.54) is 15.4 Å². The van der Waals surface area contributed by atoms with Gasteiger partial charge in [0, 0.05) is 37.0 Å². The molecule has 0 amide bonds. The minimum atomic E-state index is -0.484. The largest absolute Gasteiger partial charge is 0.352 e. The summed E-state index contributed by atoms with van der Waals surface area (Å²) in [5.74, 6) is -0.203. The van der Waals surface area contributed by atoms with Crippen molar-refractivity contribution in [3.63, 3.8) is 0 Å². The molecule has 1 atom stereocenters. The topological polar surface area (TPSA) is 74.6 Å². The molecular weight excluding hydrogens is 488 g/mol. The Morgan fingerprint density at radius 1 is 1.05 bits per heavy atom. The number of benzene rings is 2. The van der Waals surface area contributed by atoms with Gasteiger partial charge in [0.15, 0.2) is 11.6 Å². The van der Waals surface area contributed by atoms with Gasteiger partial charge in [0.2, 0.25) is 0 Å². The summed E-state index contributed by atoms with van der Waals surface area (Å²) in [5, 5.41) is 8.21. The first-order valence-corrected chi connectivity index (χ1v) is 12.9. The monoisotopic (exact) mass is 515 g/mol. The van der Waals surface area contributed by atoms with E-state index >= 15 is 4.39 Å². The summed E-state index contributed by atoms with van der Waals surface area (Å²) in [7, 11) is 0. The van der Waals surface area contributed by atoms with Gasteiger partial charge >= 0.3 is 5.69 Å². The van der Waals surface area contributed by atoms with E-state index < -0.39 is 11.5 Å². The van der Waals surface area contributed by atoms with Crippen LogP contribution < -0.4 is 11.0 Å². The van der Waals surface area contributed by atoms with Crippen molar-refractivity contribution in [2.45, 2.75) is 52.1 Å². The van der Waals surface area contributed by atoms with Crippen LogP contribution in [0.5, 0.6) is 0 Å². The molecule has 2 aliphatic rings. The zero-order chi connectivity index (χ0) is 26.3. The first-order valence-electron chi connectivity index (χ1n) is 12.9. The molecule has 0 spiro atoms. The van der Waals surface area contributed by atoms with Crippen molar-refractivity contribution >= 4 is 10.9 Å². The fourth-order valence-corrected chi connectivity index (χ4v) is 5.65. The summed E-state index contributed by atoms with van der Waals surface area (Å²) < 4.78 is 36.6. The standard InChI is InChI=1S/C28H27F2N7O/c1-15-12-18(13-16(2)24(15)29)27-33-21-8-9-31-17(3)26(21)37(27)35-11-10-34(28(35)38)23-7-6-22-20(25(23)30)14-32-36(22)19-4-5-19/h6-7,10-14,17,19,31H,4-5,8-9H2,1-3H3/t17-/m0/s1. The third-order valence-corrected chi connectivity index (χ3v) is 7.70. The van der Waals surface area contributed by atoms with Crippen LogP contribution in [-0.2, 0) is 6.42 Å². The van der Waals surface area contributed by atoms with Crippen LogP contribution in [0.1, 0.15) is 54.4 Å². The summed E-state index contributed by atoms with van der Waals surface area (Å²) in [5.41, 5.74) is 3.91. The zero-order valence-corrected chi connectivity index (χ0v) is 21.4. The molecule has 1 aliphatic carbocycles. The molecule has 1 aliphatic heterocycles. The van der Waals surface area contributed by atoms with Crippen LogP contribution in [0.2, 0.25) is 0 Å². The van der Waals surface area contributed by atoms with Crippen molar-refractivity contribution in [3.05, 3.63) is 87.5 Å². The molecule has 0 saturated heterocycles. The minimum absolute atomic E-state index is 0.0701. The molecule has 1 saturated carbocycles. The number of aryl methyl sites for hydroxylation is 2. The average molecular weight is 516 g/mol. The lowest BCUT2D eigenvalue weighted by Crippen LogP contribution is -2.34. The first-order chi connectivity index (χ1) is 18.3. The molecule has 3 aromatic heterocycles. The summed E-state index contributed by atoms with van der Waals surface area (Å²) in [6.07, 6.45) is 7.50. The Morgan fingerprint density at radius 3 is 2.55 bits per heavy atom. The second-order valence-electron chi connectivity index (χ2n) is 10.4. The Labute approximate surface area is 217 Å². The molecule has 10 heteroatoms. The van der Waals surface area contributed by atoms with Crippen LogP contribution in [0.4, 0.5) is 8.78 Å². The highest BCUT2D eigenvalue weighted by molar-refractivity contribution is 5.82. The molecule has 194 valence electrons. The SMILES string of the molecule is Cc1cc(-c2nc3c(n2-n2ccn(-c4ccc5c(cnn5C5CC5)c4F)c2=O)[C@H](C)NCC3)cc(C)c1F. The van der Waals surface area contributed by atoms with Gasteiger partial charge in [0.05, 0.1) is 40.2 Å². The van der Waals surface area contributed by atoms with Gasteiger partial charge in [-0.1, -0.05) is 0 Å². The highest BCUT2D eigenvalue weighted by atomic mass is 19.1. The maximum atomic E-state index is 15.7. The van der Waals surface area contributed by atoms with Crippen LogP contribution in [0.3, 0.4) is 0 Å². The third kappa shape index (κ3) is 3.32. The van der Waals surface area contributed by atoms with E-state index in [9.17, 15) is 9.18 Å². The lowest BCUT2D eigenvalue weighted by molar-refractivity contribution is 0.479. The van der Waals surface area contributed by atoms with E-state index in [2.05, 4.69) is 10.4 Å². The number of nitrogens with one attached hydrogen (secondary N) is 1. The number of aromatic nitrogens is 6. The fourth-order valence-electron chi connectivity index (χ4n) is 5.65. The number of fused-ring (bicyclic) bond motifs is 2. The highest BCUT2D eigenvalue weighted by Crippen LogP contribution is 2.37. The Balaban J connectivity index is 1.42.